The molecule has 2 aromatic rings. The lowest BCUT2D eigenvalue weighted by atomic mass is 10.0. The molecule has 0 radical (unpaired) electrons. The van der Waals surface area contributed by atoms with Crippen LogP contribution in [0, 0.1) is 20.8 Å². The molecule has 0 aliphatic carbocycles. The SMILES string of the molecule is Cc1ccc(C(C)(O)CNCc2cccc(C)c2C)o1. The fraction of sp³-hybridized carbons (Fsp3) is 0.412. The minimum absolute atomic E-state index is 0.452. The molecule has 1 aromatic heterocycles. The van der Waals surface area contributed by atoms with Gasteiger partial charge in [0.1, 0.15) is 17.1 Å². The number of nitrogens with one attached hydrogen (secondary N) is 1. The molecule has 108 valence electrons. The summed E-state index contributed by atoms with van der Waals surface area (Å²) in [6, 6.07) is 9.98. The molecule has 3 nitrogen and oxygen atoms in total. The van der Waals surface area contributed by atoms with E-state index in [1.807, 2.05) is 19.1 Å². The minimum atomic E-state index is -0.994. The van der Waals surface area contributed by atoms with Gasteiger partial charge in [0.05, 0.1) is 0 Å². The van der Waals surface area contributed by atoms with Gasteiger partial charge in [0.25, 0.3) is 0 Å². The maximum absolute atomic E-state index is 10.4. The number of furan rings is 1. The zero-order valence-electron chi connectivity index (χ0n) is 12.7. The summed E-state index contributed by atoms with van der Waals surface area (Å²) in [6.07, 6.45) is 0. The highest BCUT2D eigenvalue weighted by molar-refractivity contribution is 5.33. The van der Waals surface area contributed by atoms with Crippen LogP contribution >= 0.6 is 0 Å². The van der Waals surface area contributed by atoms with Crippen LogP contribution in [0.3, 0.4) is 0 Å². The molecular weight excluding hydrogens is 250 g/mol. The van der Waals surface area contributed by atoms with Gasteiger partial charge in [-0.2, -0.15) is 0 Å². The van der Waals surface area contributed by atoms with E-state index < -0.39 is 5.60 Å². The van der Waals surface area contributed by atoms with E-state index in [9.17, 15) is 5.11 Å². The molecular formula is C17H23NO2. The third-order valence-corrected chi connectivity index (χ3v) is 3.77. The van der Waals surface area contributed by atoms with Gasteiger partial charge in [0.15, 0.2) is 0 Å². The zero-order chi connectivity index (χ0) is 14.8. The van der Waals surface area contributed by atoms with Crippen molar-refractivity contribution in [2.45, 2.75) is 39.8 Å². The second-order valence-corrected chi connectivity index (χ2v) is 5.65. The van der Waals surface area contributed by atoms with Crippen molar-refractivity contribution in [3.63, 3.8) is 0 Å². The van der Waals surface area contributed by atoms with Crippen LogP contribution in [0.1, 0.15) is 35.1 Å². The van der Waals surface area contributed by atoms with Crippen molar-refractivity contribution in [2.24, 2.45) is 0 Å². The molecule has 0 amide bonds. The van der Waals surface area contributed by atoms with Gasteiger partial charge in [-0.3, -0.25) is 0 Å². The smallest absolute Gasteiger partial charge is 0.136 e. The molecule has 20 heavy (non-hydrogen) atoms. The third-order valence-electron chi connectivity index (χ3n) is 3.77. The summed E-state index contributed by atoms with van der Waals surface area (Å²) in [5.74, 6) is 1.42. The van der Waals surface area contributed by atoms with E-state index in [0.717, 1.165) is 12.3 Å². The summed E-state index contributed by atoms with van der Waals surface area (Å²) in [7, 11) is 0. The molecule has 1 atom stereocenters. The van der Waals surface area contributed by atoms with Gasteiger partial charge < -0.3 is 14.8 Å². The summed E-state index contributed by atoms with van der Waals surface area (Å²) in [5, 5.41) is 13.8. The summed E-state index contributed by atoms with van der Waals surface area (Å²) in [5.41, 5.74) is 2.86. The number of rotatable bonds is 5. The normalized spacial score (nSPS) is 14.2. The average Bonchev–Trinajstić information content (AvgIpc) is 2.82. The first-order valence-corrected chi connectivity index (χ1v) is 6.95. The summed E-state index contributed by atoms with van der Waals surface area (Å²) < 4.78 is 5.50. The monoisotopic (exact) mass is 273 g/mol. The zero-order valence-corrected chi connectivity index (χ0v) is 12.7. The highest BCUT2D eigenvalue weighted by Gasteiger charge is 2.26. The first-order chi connectivity index (χ1) is 9.40. The van der Waals surface area contributed by atoms with Gasteiger partial charge in [-0.1, -0.05) is 18.2 Å². The van der Waals surface area contributed by atoms with E-state index >= 15 is 0 Å². The highest BCUT2D eigenvalue weighted by Crippen LogP contribution is 2.22. The summed E-state index contributed by atoms with van der Waals surface area (Å²) >= 11 is 0. The van der Waals surface area contributed by atoms with Crippen molar-refractivity contribution in [1.29, 1.82) is 0 Å². The first-order valence-electron chi connectivity index (χ1n) is 6.95. The topological polar surface area (TPSA) is 45.4 Å². The van der Waals surface area contributed by atoms with Crippen molar-refractivity contribution in [2.75, 3.05) is 6.54 Å². The van der Waals surface area contributed by atoms with E-state index in [-0.39, 0.29) is 0 Å². The lowest BCUT2D eigenvalue weighted by Gasteiger charge is -2.21. The van der Waals surface area contributed by atoms with Gasteiger partial charge in [0.2, 0.25) is 0 Å². The fourth-order valence-electron chi connectivity index (χ4n) is 2.26. The molecule has 0 saturated carbocycles. The van der Waals surface area contributed by atoms with Gasteiger partial charge in [-0.05, 0) is 56.5 Å². The molecule has 0 bridgehead atoms. The molecule has 1 heterocycles. The number of hydrogen-bond acceptors (Lipinski definition) is 3. The Hall–Kier alpha value is -1.58. The third kappa shape index (κ3) is 3.30. The Labute approximate surface area is 120 Å². The second kappa shape index (κ2) is 5.81. The molecule has 0 aliphatic heterocycles. The maximum Gasteiger partial charge on any atom is 0.136 e. The van der Waals surface area contributed by atoms with Crippen molar-refractivity contribution in [3.8, 4) is 0 Å². The molecule has 0 aliphatic rings. The van der Waals surface area contributed by atoms with Crippen LogP contribution in [0.4, 0.5) is 0 Å². The Morgan fingerprint density at radius 2 is 1.90 bits per heavy atom. The fourth-order valence-corrected chi connectivity index (χ4v) is 2.26. The lowest BCUT2D eigenvalue weighted by Crippen LogP contribution is -2.34. The molecule has 0 fully saturated rings. The van der Waals surface area contributed by atoms with E-state index in [1.54, 1.807) is 6.92 Å². The number of hydrogen-bond donors (Lipinski definition) is 2. The van der Waals surface area contributed by atoms with Gasteiger partial charge in [-0.25, -0.2) is 0 Å². The molecule has 2 N–H and O–H groups in total. The standard InChI is InChI=1S/C17H23NO2/c1-12-6-5-7-15(14(12)3)10-18-11-17(4,19)16-9-8-13(2)20-16/h5-9,18-19H,10-11H2,1-4H3. The Balaban J connectivity index is 1.97. The predicted octanol–water partition coefficient (Wildman–Crippen LogP) is 3.20. The van der Waals surface area contributed by atoms with Gasteiger partial charge >= 0.3 is 0 Å². The molecule has 0 spiro atoms. The summed E-state index contributed by atoms with van der Waals surface area (Å²) in [6.45, 7) is 9.07. The largest absolute Gasteiger partial charge is 0.463 e. The molecule has 1 aromatic carbocycles. The molecule has 2 rings (SSSR count). The number of aliphatic hydroxyl groups is 1. The maximum atomic E-state index is 10.4. The second-order valence-electron chi connectivity index (χ2n) is 5.65. The van der Waals surface area contributed by atoms with Crippen LogP contribution in [0.2, 0.25) is 0 Å². The minimum Gasteiger partial charge on any atom is -0.463 e. The highest BCUT2D eigenvalue weighted by atomic mass is 16.4. The first kappa shape index (κ1) is 14.8. The van der Waals surface area contributed by atoms with Crippen LogP contribution in [0.25, 0.3) is 0 Å². The van der Waals surface area contributed by atoms with Crippen LogP contribution < -0.4 is 5.32 Å². The van der Waals surface area contributed by atoms with Crippen LogP contribution in [0.5, 0.6) is 0 Å². The van der Waals surface area contributed by atoms with Gasteiger partial charge in [0, 0.05) is 13.1 Å². The van der Waals surface area contributed by atoms with Crippen molar-refractivity contribution in [3.05, 3.63) is 58.5 Å². The quantitative estimate of drug-likeness (QED) is 0.879. The molecule has 0 saturated heterocycles. The predicted molar refractivity (Wildman–Crippen MR) is 80.6 cm³/mol. The lowest BCUT2D eigenvalue weighted by molar-refractivity contribution is 0.0332. The van der Waals surface area contributed by atoms with Gasteiger partial charge in [-0.15, -0.1) is 0 Å². The van der Waals surface area contributed by atoms with Crippen molar-refractivity contribution < 1.29 is 9.52 Å². The number of benzene rings is 1. The van der Waals surface area contributed by atoms with E-state index in [2.05, 4.69) is 37.4 Å². The Kier molecular flexibility index (Phi) is 4.31. The van der Waals surface area contributed by atoms with Crippen LogP contribution in [-0.2, 0) is 12.1 Å². The van der Waals surface area contributed by atoms with E-state index in [0.29, 0.717) is 12.3 Å². The Morgan fingerprint density at radius 1 is 1.15 bits per heavy atom. The Morgan fingerprint density at radius 3 is 2.55 bits per heavy atom. The average molecular weight is 273 g/mol. The summed E-state index contributed by atoms with van der Waals surface area (Å²) in [4.78, 5) is 0. The molecule has 1 unspecified atom stereocenters. The Bertz CT molecular complexity index is 584. The number of aryl methyl sites for hydroxylation is 2. The van der Waals surface area contributed by atoms with Crippen molar-refractivity contribution in [1.82, 2.24) is 5.32 Å². The molecule has 3 heteroatoms. The van der Waals surface area contributed by atoms with Crippen LogP contribution in [0.15, 0.2) is 34.7 Å². The van der Waals surface area contributed by atoms with E-state index in [1.165, 1.54) is 16.7 Å². The van der Waals surface area contributed by atoms with Crippen LogP contribution in [-0.4, -0.2) is 11.7 Å². The van der Waals surface area contributed by atoms with Crippen molar-refractivity contribution >= 4 is 0 Å². The van der Waals surface area contributed by atoms with E-state index in [4.69, 9.17) is 4.42 Å².